The Balaban J connectivity index is 1.71. The lowest BCUT2D eigenvalue weighted by molar-refractivity contribution is -0.135. The average molecular weight is 229 g/mol. The average Bonchev–Trinajstić information content (AvgIpc) is 2.29. The highest BCUT2D eigenvalue weighted by Gasteiger charge is 2.38. The molecule has 0 aromatic heterocycles. The standard InChI is InChI=1S/C12H23NO3/c1-10(11-2-4-15-5-3-11)13-6-12(7-14)8-16-9-12/h10-11,13-14H,2-9H2,1H3. The fourth-order valence-electron chi connectivity index (χ4n) is 2.40. The summed E-state index contributed by atoms with van der Waals surface area (Å²) in [5.74, 6) is 0.713. The molecule has 0 amide bonds. The molecule has 0 spiro atoms. The zero-order valence-electron chi connectivity index (χ0n) is 10.1. The fourth-order valence-corrected chi connectivity index (χ4v) is 2.40. The van der Waals surface area contributed by atoms with Crippen LogP contribution in [0.4, 0.5) is 0 Å². The molecule has 2 heterocycles. The monoisotopic (exact) mass is 229 g/mol. The van der Waals surface area contributed by atoms with Gasteiger partial charge in [-0.15, -0.1) is 0 Å². The molecule has 1 unspecified atom stereocenters. The molecule has 2 aliphatic heterocycles. The maximum atomic E-state index is 9.32. The van der Waals surface area contributed by atoms with Gasteiger partial charge in [-0.1, -0.05) is 0 Å². The molecule has 4 nitrogen and oxygen atoms in total. The van der Waals surface area contributed by atoms with Crippen molar-refractivity contribution in [1.29, 1.82) is 0 Å². The summed E-state index contributed by atoms with van der Waals surface area (Å²) in [5.41, 5.74) is -0.0145. The van der Waals surface area contributed by atoms with Gasteiger partial charge in [-0.2, -0.15) is 0 Å². The summed E-state index contributed by atoms with van der Waals surface area (Å²) in [7, 11) is 0. The van der Waals surface area contributed by atoms with Gasteiger partial charge in [0.15, 0.2) is 0 Å². The van der Waals surface area contributed by atoms with E-state index in [9.17, 15) is 5.11 Å². The van der Waals surface area contributed by atoms with Gasteiger partial charge in [-0.3, -0.25) is 0 Å². The summed E-state index contributed by atoms with van der Waals surface area (Å²) in [4.78, 5) is 0. The first kappa shape index (κ1) is 12.3. The lowest BCUT2D eigenvalue weighted by atomic mass is 9.85. The lowest BCUT2D eigenvalue weighted by Gasteiger charge is -2.41. The van der Waals surface area contributed by atoms with Crippen LogP contribution in [0.15, 0.2) is 0 Å². The van der Waals surface area contributed by atoms with Crippen molar-refractivity contribution in [3.63, 3.8) is 0 Å². The van der Waals surface area contributed by atoms with Crippen molar-refractivity contribution in [2.75, 3.05) is 39.6 Å². The summed E-state index contributed by atoms with van der Waals surface area (Å²) in [5, 5.41) is 12.9. The summed E-state index contributed by atoms with van der Waals surface area (Å²) < 4.78 is 10.5. The highest BCUT2D eigenvalue weighted by Crippen LogP contribution is 2.26. The summed E-state index contributed by atoms with van der Waals surface area (Å²) in [6.45, 7) is 6.49. The third-order valence-corrected chi connectivity index (χ3v) is 3.92. The Morgan fingerprint density at radius 3 is 2.50 bits per heavy atom. The second-order valence-corrected chi connectivity index (χ2v) is 5.27. The van der Waals surface area contributed by atoms with Crippen molar-refractivity contribution in [1.82, 2.24) is 5.32 Å². The summed E-state index contributed by atoms with van der Waals surface area (Å²) >= 11 is 0. The molecule has 0 aromatic rings. The first-order valence-electron chi connectivity index (χ1n) is 6.25. The van der Waals surface area contributed by atoms with E-state index in [4.69, 9.17) is 9.47 Å². The number of nitrogens with one attached hydrogen (secondary N) is 1. The largest absolute Gasteiger partial charge is 0.396 e. The Bertz CT molecular complexity index is 207. The molecule has 2 fully saturated rings. The van der Waals surface area contributed by atoms with Gasteiger partial charge in [0.2, 0.25) is 0 Å². The zero-order valence-corrected chi connectivity index (χ0v) is 10.1. The minimum Gasteiger partial charge on any atom is -0.396 e. The molecule has 0 bridgehead atoms. The van der Waals surface area contributed by atoms with E-state index >= 15 is 0 Å². The van der Waals surface area contributed by atoms with Crippen LogP contribution in [0.1, 0.15) is 19.8 Å². The van der Waals surface area contributed by atoms with Gasteiger partial charge < -0.3 is 19.9 Å². The number of aliphatic hydroxyl groups is 1. The minimum absolute atomic E-state index is 0.0145. The van der Waals surface area contributed by atoms with E-state index < -0.39 is 0 Å². The Morgan fingerprint density at radius 1 is 1.31 bits per heavy atom. The molecule has 16 heavy (non-hydrogen) atoms. The summed E-state index contributed by atoms with van der Waals surface area (Å²) in [6, 6.07) is 0.507. The molecule has 0 aliphatic carbocycles. The van der Waals surface area contributed by atoms with E-state index in [0.29, 0.717) is 25.2 Å². The molecule has 1 atom stereocenters. The Hall–Kier alpha value is -0.160. The van der Waals surface area contributed by atoms with Crippen molar-refractivity contribution in [3.8, 4) is 0 Å². The van der Waals surface area contributed by atoms with Gasteiger partial charge in [-0.25, -0.2) is 0 Å². The van der Waals surface area contributed by atoms with E-state index in [0.717, 1.165) is 32.6 Å². The molecule has 0 radical (unpaired) electrons. The lowest BCUT2D eigenvalue weighted by Crippen LogP contribution is -2.54. The predicted molar refractivity (Wildman–Crippen MR) is 61.3 cm³/mol. The molecule has 2 rings (SSSR count). The van der Waals surface area contributed by atoms with Gasteiger partial charge in [-0.05, 0) is 25.7 Å². The van der Waals surface area contributed by atoms with Crippen LogP contribution in [0, 0.1) is 11.3 Å². The van der Waals surface area contributed by atoms with Crippen molar-refractivity contribution >= 4 is 0 Å². The van der Waals surface area contributed by atoms with Gasteiger partial charge in [0.25, 0.3) is 0 Å². The molecule has 94 valence electrons. The van der Waals surface area contributed by atoms with Crippen molar-refractivity contribution in [3.05, 3.63) is 0 Å². The molecule has 0 saturated carbocycles. The SMILES string of the molecule is CC(NCC1(CO)COC1)C1CCOCC1. The van der Waals surface area contributed by atoms with E-state index in [1.807, 2.05) is 0 Å². The first-order valence-corrected chi connectivity index (χ1v) is 6.25. The topological polar surface area (TPSA) is 50.7 Å². The highest BCUT2D eigenvalue weighted by atomic mass is 16.5. The van der Waals surface area contributed by atoms with Crippen LogP contribution in [-0.2, 0) is 9.47 Å². The van der Waals surface area contributed by atoms with Gasteiger partial charge in [0, 0.05) is 25.8 Å². The predicted octanol–water partition coefficient (Wildman–Crippen LogP) is 0.400. The van der Waals surface area contributed by atoms with Crippen LogP contribution in [0.3, 0.4) is 0 Å². The first-order chi connectivity index (χ1) is 7.76. The molecular formula is C12H23NO3. The fraction of sp³-hybridized carbons (Fsp3) is 1.00. The van der Waals surface area contributed by atoms with Gasteiger partial charge in [0.1, 0.15) is 0 Å². The van der Waals surface area contributed by atoms with Crippen LogP contribution >= 0.6 is 0 Å². The highest BCUT2D eigenvalue weighted by molar-refractivity contribution is 4.88. The second kappa shape index (κ2) is 5.45. The van der Waals surface area contributed by atoms with Crippen LogP contribution in [0.5, 0.6) is 0 Å². The second-order valence-electron chi connectivity index (χ2n) is 5.27. The Labute approximate surface area is 97.3 Å². The minimum atomic E-state index is -0.0145. The Kier molecular flexibility index (Phi) is 4.19. The van der Waals surface area contributed by atoms with Crippen LogP contribution in [0.2, 0.25) is 0 Å². The normalized spacial score (nSPS) is 27.4. The molecule has 0 aromatic carbocycles. The number of ether oxygens (including phenoxy) is 2. The molecule has 2 saturated heterocycles. The number of rotatable bonds is 5. The molecule has 2 aliphatic rings. The molecule has 4 heteroatoms. The maximum absolute atomic E-state index is 9.32. The third kappa shape index (κ3) is 2.74. The number of hydrogen-bond acceptors (Lipinski definition) is 4. The molecular weight excluding hydrogens is 206 g/mol. The van der Waals surface area contributed by atoms with Gasteiger partial charge in [0.05, 0.1) is 25.2 Å². The van der Waals surface area contributed by atoms with Crippen LogP contribution < -0.4 is 5.32 Å². The zero-order chi connectivity index (χ0) is 11.4. The van der Waals surface area contributed by atoms with Gasteiger partial charge >= 0.3 is 0 Å². The number of aliphatic hydroxyl groups excluding tert-OH is 1. The smallest absolute Gasteiger partial charge is 0.0579 e. The van der Waals surface area contributed by atoms with Crippen LogP contribution in [-0.4, -0.2) is 50.7 Å². The Morgan fingerprint density at radius 2 is 2.00 bits per heavy atom. The van der Waals surface area contributed by atoms with E-state index in [1.165, 1.54) is 0 Å². The van der Waals surface area contributed by atoms with Crippen molar-refractivity contribution in [2.45, 2.75) is 25.8 Å². The van der Waals surface area contributed by atoms with E-state index in [1.54, 1.807) is 0 Å². The maximum Gasteiger partial charge on any atom is 0.0579 e. The van der Waals surface area contributed by atoms with Crippen LogP contribution in [0.25, 0.3) is 0 Å². The van der Waals surface area contributed by atoms with E-state index in [-0.39, 0.29) is 12.0 Å². The quantitative estimate of drug-likeness (QED) is 0.716. The van der Waals surface area contributed by atoms with E-state index in [2.05, 4.69) is 12.2 Å². The number of hydrogen-bond donors (Lipinski definition) is 2. The summed E-state index contributed by atoms with van der Waals surface area (Å²) in [6.07, 6.45) is 2.30. The van der Waals surface area contributed by atoms with Crippen molar-refractivity contribution in [2.24, 2.45) is 11.3 Å². The molecule has 2 N–H and O–H groups in total. The third-order valence-electron chi connectivity index (χ3n) is 3.92. The van der Waals surface area contributed by atoms with Crippen molar-refractivity contribution < 1.29 is 14.6 Å².